The highest BCUT2D eigenvalue weighted by atomic mass is 15.4. The quantitative estimate of drug-likeness (QED) is 0.535. The van der Waals surface area contributed by atoms with E-state index in [0.717, 1.165) is 0 Å². The lowest BCUT2D eigenvalue weighted by atomic mass is 10.0. The van der Waals surface area contributed by atoms with Gasteiger partial charge in [-0.15, -0.1) is 0 Å². The van der Waals surface area contributed by atoms with E-state index < -0.39 is 0 Å². The molecule has 1 aliphatic rings. The molecule has 1 saturated heterocycles. The maximum atomic E-state index is 8.93. The van der Waals surface area contributed by atoms with Crippen LogP contribution in [-0.4, -0.2) is 22.0 Å². The van der Waals surface area contributed by atoms with E-state index in [4.69, 9.17) is 5.26 Å². The first kappa shape index (κ1) is 8.55. The minimum Gasteiger partial charge on any atom is -0.274 e. The third kappa shape index (κ3) is 0.810. The second-order valence-electron chi connectivity index (χ2n) is 4.21. The van der Waals surface area contributed by atoms with Crippen molar-refractivity contribution in [2.75, 3.05) is 0 Å². The van der Waals surface area contributed by atoms with Crippen molar-refractivity contribution in [3.8, 4) is 6.07 Å². The summed E-state index contributed by atoms with van der Waals surface area (Å²) in [5.74, 6) is 0. The first-order valence-electron chi connectivity index (χ1n) is 4.08. The van der Waals surface area contributed by atoms with Gasteiger partial charge in [-0.2, -0.15) is 5.26 Å². The van der Waals surface area contributed by atoms with E-state index in [1.54, 1.807) is 0 Å². The molecule has 2 nitrogen and oxygen atoms in total. The van der Waals surface area contributed by atoms with Crippen molar-refractivity contribution < 1.29 is 0 Å². The van der Waals surface area contributed by atoms with Gasteiger partial charge in [-0.1, -0.05) is 0 Å². The third-order valence-corrected chi connectivity index (χ3v) is 2.96. The van der Waals surface area contributed by atoms with Gasteiger partial charge in [-0.05, 0) is 34.6 Å². The first-order valence-corrected chi connectivity index (χ1v) is 4.08. The lowest BCUT2D eigenvalue weighted by Gasteiger charge is -2.09. The molecule has 0 spiro atoms. The minimum absolute atomic E-state index is 0.0654. The fraction of sp³-hybridized carbons (Fsp3) is 0.889. The molecule has 11 heavy (non-hydrogen) atoms. The Bertz CT molecular complexity index is 212. The van der Waals surface area contributed by atoms with Crippen molar-refractivity contribution in [2.24, 2.45) is 0 Å². The Morgan fingerprint density at radius 2 is 1.73 bits per heavy atom. The molecule has 62 valence electrons. The molecule has 0 radical (unpaired) electrons. The molecule has 0 bridgehead atoms. The van der Waals surface area contributed by atoms with Crippen molar-refractivity contribution in [3.05, 3.63) is 0 Å². The summed E-state index contributed by atoms with van der Waals surface area (Å²) in [6, 6.07) is 2.83. The molecule has 0 aromatic rings. The largest absolute Gasteiger partial charge is 0.274 e. The Hall–Kier alpha value is -0.550. The van der Waals surface area contributed by atoms with Crippen LogP contribution >= 0.6 is 0 Å². The van der Waals surface area contributed by atoms with Gasteiger partial charge >= 0.3 is 0 Å². The predicted molar refractivity (Wildman–Crippen MR) is 45.1 cm³/mol. The Morgan fingerprint density at radius 1 is 1.27 bits per heavy atom. The Balaban J connectivity index is 2.86. The average Bonchev–Trinajstić information content (AvgIpc) is 2.29. The monoisotopic (exact) mass is 152 g/mol. The van der Waals surface area contributed by atoms with Crippen molar-refractivity contribution in [1.82, 2.24) is 4.90 Å². The molecule has 1 heterocycles. The molecule has 1 fully saturated rings. The second kappa shape index (κ2) is 1.98. The molecule has 0 amide bonds. The zero-order valence-corrected chi connectivity index (χ0v) is 7.97. The van der Waals surface area contributed by atoms with Crippen LogP contribution in [-0.2, 0) is 0 Å². The highest BCUT2D eigenvalue weighted by Crippen LogP contribution is 2.52. The van der Waals surface area contributed by atoms with Crippen LogP contribution in [0.3, 0.4) is 0 Å². The summed E-state index contributed by atoms with van der Waals surface area (Å²) in [7, 11) is 0. The van der Waals surface area contributed by atoms with Crippen molar-refractivity contribution in [2.45, 2.75) is 51.7 Å². The molecule has 0 aliphatic carbocycles. The van der Waals surface area contributed by atoms with E-state index in [-0.39, 0.29) is 11.1 Å². The number of hydrogen-bond acceptors (Lipinski definition) is 2. The molecule has 0 aromatic carbocycles. The minimum atomic E-state index is -0.235. The fourth-order valence-electron chi connectivity index (χ4n) is 2.14. The maximum Gasteiger partial charge on any atom is 0.125 e. The van der Waals surface area contributed by atoms with Crippen LogP contribution in [0.2, 0.25) is 0 Å². The van der Waals surface area contributed by atoms with Crippen molar-refractivity contribution >= 4 is 0 Å². The van der Waals surface area contributed by atoms with Gasteiger partial charge in [0.2, 0.25) is 0 Å². The van der Waals surface area contributed by atoms with Crippen molar-refractivity contribution in [1.29, 1.82) is 5.26 Å². The molecule has 0 saturated carbocycles. The van der Waals surface area contributed by atoms with Crippen LogP contribution in [0.25, 0.3) is 0 Å². The molecule has 0 aromatic heterocycles. The molecule has 0 N–H and O–H groups in total. The Morgan fingerprint density at radius 3 is 1.82 bits per heavy atom. The smallest absolute Gasteiger partial charge is 0.125 e. The van der Waals surface area contributed by atoms with Gasteiger partial charge in [0.15, 0.2) is 0 Å². The number of hydrogen-bond donors (Lipinski definition) is 0. The van der Waals surface area contributed by atoms with Gasteiger partial charge in [0, 0.05) is 11.6 Å². The van der Waals surface area contributed by atoms with E-state index in [1.165, 1.54) is 0 Å². The summed E-state index contributed by atoms with van der Waals surface area (Å²) in [6.07, 6.45) is 0. The standard InChI is InChI=1S/C9H16N2/c1-7(2)11-8(3,4)9(11,5)6-10/h7H,1-5H3. The van der Waals surface area contributed by atoms with Gasteiger partial charge in [0.05, 0.1) is 6.07 Å². The van der Waals surface area contributed by atoms with Crippen LogP contribution < -0.4 is 0 Å². The summed E-state index contributed by atoms with van der Waals surface area (Å²) >= 11 is 0. The van der Waals surface area contributed by atoms with E-state index in [9.17, 15) is 0 Å². The summed E-state index contributed by atoms with van der Waals surface area (Å²) in [5, 5.41) is 8.93. The van der Waals surface area contributed by atoms with E-state index in [1.807, 2.05) is 6.92 Å². The van der Waals surface area contributed by atoms with Gasteiger partial charge in [-0.25, -0.2) is 0 Å². The molecule has 1 rings (SSSR count). The number of nitriles is 1. The molecular weight excluding hydrogens is 136 g/mol. The zero-order chi connectivity index (χ0) is 8.86. The predicted octanol–water partition coefficient (Wildman–Crippen LogP) is 1.77. The SMILES string of the molecule is CC(C)N1C(C)(C)C1(C)C#N. The van der Waals surface area contributed by atoms with Crippen LogP contribution in [0.1, 0.15) is 34.6 Å². The van der Waals surface area contributed by atoms with Gasteiger partial charge in [-0.3, -0.25) is 4.90 Å². The Kier molecular flexibility index (Phi) is 1.54. The van der Waals surface area contributed by atoms with Crippen LogP contribution in [0, 0.1) is 11.3 Å². The summed E-state index contributed by atoms with van der Waals surface area (Å²) in [5.41, 5.74) is -0.170. The van der Waals surface area contributed by atoms with Gasteiger partial charge < -0.3 is 0 Å². The van der Waals surface area contributed by atoms with Gasteiger partial charge in [0.1, 0.15) is 5.54 Å². The number of nitrogens with zero attached hydrogens (tertiary/aromatic N) is 2. The lowest BCUT2D eigenvalue weighted by molar-refractivity contribution is 0.354. The van der Waals surface area contributed by atoms with Crippen LogP contribution in [0.15, 0.2) is 0 Å². The normalized spacial score (nSPS) is 40.3. The maximum absolute atomic E-state index is 8.93. The molecule has 1 aliphatic heterocycles. The first-order chi connectivity index (χ1) is 4.88. The van der Waals surface area contributed by atoms with Crippen LogP contribution in [0.5, 0.6) is 0 Å². The second-order valence-corrected chi connectivity index (χ2v) is 4.21. The third-order valence-electron chi connectivity index (χ3n) is 2.96. The average molecular weight is 152 g/mol. The van der Waals surface area contributed by atoms with E-state index in [0.29, 0.717) is 6.04 Å². The summed E-state index contributed by atoms with van der Waals surface area (Å²) in [4.78, 5) is 2.24. The topological polar surface area (TPSA) is 26.8 Å². The zero-order valence-electron chi connectivity index (χ0n) is 7.97. The summed E-state index contributed by atoms with van der Waals surface area (Å²) in [6.45, 7) is 10.5. The number of rotatable bonds is 1. The lowest BCUT2D eigenvalue weighted by Crippen LogP contribution is -2.18. The Labute approximate surface area is 68.8 Å². The molecule has 2 unspecified atom stereocenters. The highest BCUT2D eigenvalue weighted by Gasteiger charge is 2.67. The highest BCUT2D eigenvalue weighted by molar-refractivity contribution is 5.33. The van der Waals surface area contributed by atoms with Crippen LogP contribution in [0.4, 0.5) is 0 Å². The van der Waals surface area contributed by atoms with Crippen molar-refractivity contribution in [3.63, 3.8) is 0 Å². The van der Waals surface area contributed by atoms with E-state index in [2.05, 4.69) is 38.7 Å². The molecular formula is C9H16N2. The van der Waals surface area contributed by atoms with E-state index >= 15 is 0 Å². The molecule has 2 heteroatoms. The summed E-state index contributed by atoms with van der Waals surface area (Å²) < 4.78 is 0. The van der Waals surface area contributed by atoms with Gasteiger partial charge in [0.25, 0.3) is 0 Å². The molecule has 2 atom stereocenters. The fourth-order valence-corrected chi connectivity index (χ4v) is 2.14.